The van der Waals surface area contributed by atoms with Crippen molar-refractivity contribution in [2.45, 2.75) is 329 Å². The Morgan fingerprint density at radius 3 is 0.867 bits per heavy atom. The van der Waals surface area contributed by atoms with Gasteiger partial charge in [0, 0.05) is 25.7 Å². The lowest BCUT2D eigenvalue weighted by molar-refractivity contribution is -0.161. The van der Waals surface area contributed by atoms with Gasteiger partial charge in [-0.25, -0.2) is 9.13 Å². The maximum Gasteiger partial charge on any atom is 0.472 e. The highest BCUT2D eigenvalue weighted by atomic mass is 31.2. The molecule has 0 spiro atoms. The van der Waals surface area contributed by atoms with E-state index in [-0.39, 0.29) is 25.7 Å². The van der Waals surface area contributed by atoms with Crippen molar-refractivity contribution < 1.29 is 80.2 Å². The van der Waals surface area contributed by atoms with Crippen LogP contribution in [0.1, 0.15) is 310 Å². The fourth-order valence-corrected chi connectivity index (χ4v) is 11.5. The monoisotopic (exact) mass is 1420 g/mol. The zero-order valence-corrected chi connectivity index (χ0v) is 63.2. The Labute approximate surface area is 594 Å². The lowest BCUT2D eigenvalue weighted by atomic mass is 10.1. The summed E-state index contributed by atoms with van der Waals surface area (Å²) in [6.07, 6.45) is 75.0. The van der Waals surface area contributed by atoms with Crippen molar-refractivity contribution in [1.82, 2.24) is 0 Å². The lowest BCUT2D eigenvalue weighted by Crippen LogP contribution is -2.30. The Morgan fingerprint density at radius 1 is 0.296 bits per heavy atom. The molecule has 0 heterocycles. The number of carbonyl (C=O) groups is 4. The molecule has 0 aliphatic carbocycles. The van der Waals surface area contributed by atoms with E-state index in [0.717, 1.165) is 205 Å². The predicted molar refractivity (Wildman–Crippen MR) is 399 cm³/mol. The molecule has 0 aliphatic rings. The lowest BCUT2D eigenvalue weighted by Gasteiger charge is -2.21. The molecule has 5 unspecified atom stereocenters. The Balaban J connectivity index is 5.37. The number of aliphatic hydroxyl groups excluding tert-OH is 1. The van der Waals surface area contributed by atoms with E-state index in [1.165, 1.54) is 25.7 Å². The van der Waals surface area contributed by atoms with Gasteiger partial charge in [-0.3, -0.25) is 37.3 Å². The minimum absolute atomic E-state index is 0.0717. The molecular weight excluding hydrogens is 1280 g/mol. The second kappa shape index (κ2) is 71.1. The maximum atomic E-state index is 13.1. The van der Waals surface area contributed by atoms with Crippen LogP contribution in [-0.2, 0) is 65.4 Å². The van der Waals surface area contributed by atoms with Crippen LogP contribution in [0.25, 0.3) is 0 Å². The Morgan fingerprint density at radius 2 is 0.551 bits per heavy atom. The molecule has 98 heavy (non-hydrogen) atoms. The number of carbonyl (C=O) groups excluding carboxylic acids is 4. The van der Waals surface area contributed by atoms with E-state index in [4.69, 9.17) is 37.0 Å². The summed E-state index contributed by atoms with van der Waals surface area (Å²) in [5.41, 5.74) is 0. The molecule has 3 N–H and O–H groups in total. The zero-order valence-electron chi connectivity index (χ0n) is 61.4. The topological polar surface area (TPSA) is 237 Å². The number of allylic oxidation sites excluding steroid dienone is 18. The summed E-state index contributed by atoms with van der Waals surface area (Å²) in [5, 5.41) is 10.6. The first-order valence-corrected chi connectivity index (χ1v) is 41.1. The molecule has 17 nitrogen and oxygen atoms in total. The predicted octanol–water partition coefficient (Wildman–Crippen LogP) is 21.8. The molecule has 0 radical (unpaired) electrons. The number of ether oxygens (including phenoxy) is 4. The highest BCUT2D eigenvalue weighted by Crippen LogP contribution is 2.45. The van der Waals surface area contributed by atoms with Gasteiger partial charge in [-0.1, -0.05) is 253 Å². The Bertz CT molecular complexity index is 2290. The van der Waals surface area contributed by atoms with Gasteiger partial charge in [-0.15, -0.1) is 0 Å². The van der Waals surface area contributed by atoms with Gasteiger partial charge in [0.1, 0.15) is 19.3 Å². The van der Waals surface area contributed by atoms with E-state index >= 15 is 0 Å². The number of hydrogen-bond acceptors (Lipinski definition) is 15. The molecule has 0 aromatic carbocycles. The molecule has 564 valence electrons. The number of esters is 4. The van der Waals surface area contributed by atoms with Crippen LogP contribution in [0.4, 0.5) is 0 Å². The fraction of sp³-hybridized carbons (Fsp3) is 0.722. The average Bonchev–Trinajstić information content (AvgIpc) is 1.05. The third-order valence-corrected chi connectivity index (χ3v) is 17.6. The first kappa shape index (κ1) is 93.7. The van der Waals surface area contributed by atoms with Crippen LogP contribution >= 0.6 is 15.6 Å². The molecule has 0 aromatic heterocycles. The van der Waals surface area contributed by atoms with Gasteiger partial charge in [-0.05, 0) is 141 Å². The van der Waals surface area contributed by atoms with Gasteiger partial charge in [-0.2, -0.15) is 0 Å². The van der Waals surface area contributed by atoms with E-state index in [1.54, 1.807) is 0 Å². The second-order valence-electron chi connectivity index (χ2n) is 25.2. The van der Waals surface area contributed by atoms with Crippen molar-refractivity contribution in [3.63, 3.8) is 0 Å². The van der Waals surface area contributed by atoms with Gasteiger partial charge in [0.2, 0.25) is 0 Å². The van der Waals surface area contributed by atoms with Crippen LogP contribution in [-0.4, -0.2) is 96.7 Å². The summed E-state index contributed by atoms with van der Waals surface area (Å²) >= 11 is 0. The largest absolute Gasteiger partial charge is 0.472 e. The fourth-order valence-electron chi connectivity index (χ4n) is 9.93. The van der Waals surface area contributed by atoms with Gasteiger partial charge >= 0.3 is 39.5 Å². The first-order valence-electron chi connectivity index (χ1n) is 38.1. The highest BCUT2D eigenvalue weighted by Gasteiger charge is 2.30. The number of unbranched alkanes of at least 4 members (excludes halogenated alkanes) is 27. The van der Waals surface area contributed by atoms with Crippen LogP contribution in [0.2, 0.25) is 0 Å². The molecule has 0 rings (SSSR count). The van der Waals surface area contributed by atoms with E-state index in [0.29, 0.717) is 25.7 Å². The third kappa shape index (κ3) is 70.2. The number of phosphoric acid groups is 2. The van der Waals surface area contributed by atoms with Crippen molar-refractivity contribution >= 4 is 39.5 Å². The molecule has 0 amide bonds. The third-order valence-electron chi connectivity index (χ3n) is 15.7. The van der Waals surface area contributed by atoms with Crippen LogP contribution < -0.4 is 0 Å². The SMILES string of the molecule is CC/C=C\C/C=C\C/C=C\CCCCCCCCCC(=O)OCC(COP(=O)(O)OCC(O)COP(=O)(O)OCC(COC(=O)CCCCCCC/C=C\C/C=C\CCC)OC(=O)CCCCCCC/C=C\CCCCCC)OC(=O)CCCCCCC/C=C\C/C=C\C/C=C\CC. The number of aliphatic hydroxyl groups is 1. The molecule has 0 bridgehead atoms. The van der Waals surface area contributed by atoms with Crippen LogP contribution in [0, 0.1) is 0 Å². The van der Waals surface area contributed by atoms with Crippen molar-refractivity contribution in [3.8, 4) is 0 Å². The summed E-state index contributed by atoms with van der Waals surface area (Å²) < 4.78 is 68.4. The van der Waals surface area contributed by atoms with Gasteiger partial charge in [0.15, 0.2) is 12.2 Å². The minimum atomic E-state index is -4.98. The first-order chi connectivity index (χ1) is 47.7. The maximum absolute atomic E-state index is 13.1. The van der Waals surface area contributed by atoms with E-state index in [1.807, 2.05) is 0 Å². The molecular formula is C79H136O17P2. The van der Waals surface area contributed by atoms with Crippen molar-refractivity contribution in [2.75, 3.05) is 39.6 Å². The van der Waals surface area contributed by atoms with Crippen molar-refractivity contribution in [1.29, 1.82) is 0 Å². The van der Waals surface area contributed by atoms with Crippen LogP contribution in [0.3, 0.4) is 0 Å². The second-order valence-corrected chi connectivity index (χ2v) is 28.1. The molecule has 0 saturated heterocycles. The van der Waals surface area contributed by atoms with Crippen LogP contribution in [0.5, 0.6) is 0 Å². The summed E-state index contributed by atoms with van der Waals surface area (Å²) in [7, 11) is -9.96. The van der Waals surface area contributed by atoms with Gasteiger partial charge < -0.3 is 33.8 Å². The average molecular weight is 1420 g/mol. The van der Waals surface area contributed by atoms with E-state index in [2.05, 4.69) is 137 Å². The van der Waals surface area contributed by atoms with Crippen molar-refractivity contribution in [3.05, 3.63) is 109 Å². The molecule has 5 atom stereocenters. The Kier molecular flexibility index (Phi) is 68.0. The molecule has 19 heteroatoms. The number of rotatable bonds is 71. The van der Waals surface area contributed by atoms with Crippen LogP contribution in [0.15, 0.2) is 109 Å². The minimum Gasteiger partial charge on any atom is -0.462 e. The van der Waals surface area contributed by atoms with Gasteiger partial charge in [0.25, 0.3) is 0 Å². The zero-order chi connectivity index (χ0) is 71.8. The smallest absolute Gasteiger partial charge is 0.462 e. The summed E-state index contributed by atoms with van der Waals surface area (Å²) in [4.78, 5) is 72.8. The van der Waals surface area contributed by atoms with E-state index < -0.39 is 97.5 Å². The summed E-state index contributed by atoms with van der Waals surface area (Å²) in [6.45, 7) is 4.53. The quantitative estimate of drug-likeness (QED) is 0.0169. The van der Waals surface area contributed by atoms with Gasteiger partial charge in [0.05, 0.1) is 26.4 Å². The number of phosphoric ester groups is 2. The standard InChI is InChI=1S/C79H136O17P2/c1-5-9-13-17-21-25-29-33-35-36-38-41-44-48-52-56-60-64-77(82)90-70-75(96-79(84)66-62-58-54-50-46-42-37-34-30-26-22-18-14-10-6-2)72-94-98(87,88)92-68-73(80)67-91-97(85,86)93-71-74(95-78(83)65-61-57-53-49-45-40-32-28-24-20-16-12-8-4)69-89-76(81)63-59-55-51-47-43-39-31-27-23-19-15-11-7-3/h9-10,13-15,19,21-22,25-28,31-35,37,73-75,80H,5-8,11-12,16-18,20,23-24,29-30,36,38-72H2,1-4H3,(H,85,86)(H,87,88)/b13-9-,14-10-,19-15-,25-21-,26-22-,31-27-,32-28-,35-33-,37-34-. The molecule has 0 aromatic rings. The van der Waals surface area contributed by atoms with Crippen molar-refractivity contribution in [2.24, 2.45) is 0 Å². The summed E-state index contributed by atoms with van der Waals surface area (Å²) in [6, 6.07) is 0. The normalized spacial score (nSPS) is 14.6. The Hall–Kier alpha value is -4.28. The molecule has 0 fully saturated rings. The number of hydrogen-bond donors (Lipinski definition) is 3. The molecule has 0 aliphatic heterocycles. The van der Waals surface area contributed by atoms with E-state index in [9.17, 15) is 43.2 Å². The summed E-state index contributed by atoms with van der Waals surface area (Å²) in [5.74, 6) is -2.22. The highest BCUT2D eigenvalue weighted by molar-refractivity contribution is 7.47. The molecule has 0 saturated carbocycles.